The third-order valence-electron chi connectivity index (χ3n) is 5.71. The molecule has 0 atom stereocenters. The summed E-state index contributed by atoms with van der Waals surface area (Å²) in [5.74, 6) is 0.735. The SMILES string of the molecule is CCN(CC)C(=O)N1CCC2(CC1)CC(=O)c1c(cc(C)c(Cl)c1C)O2. The summed E-state index contributed by atoms with van der Waals surface area (Å²) in [4.78, 5) is 29.1. The number of amides is 2. The molecule has 0 bridgehead atoms. The van der Waals surface area contributed by atoms with Gasteiger partial charge in [0.05, 0.1) is 12.0 Å². The molecule has 0 aromatic heterocycles. The average molecular weight is 379 g/mol. The summed E-state index contributed by atoms with van der Waals surface area (Å²) in [6.07, 6.45) is 1.70. The highest BCUT2D eigenvalue weighted by molar-refractivity contribution is 6.32. The number of urea groups is 1. The second kappa shape index (κ2) is 7.10. The fourth-order valence-corrected chi connectivity index (χ4v) is 4.23. The van der Waals surface area contributed by atoms with Crippen LogP contribution in [-0.2, 0) is 0 Å². The van der Waals surface area contributed by atoms with Crippen molar-refractivity contribution in [3.63, 3.8) is 0 Å². The topological polar surface area (TPSA) is 49.9 Å². The van der Waals surface area contributed by atoms with Crippen molar-refractivity contribution >= 4 is 23.4 Å². The minimum Gasteiger partial charge on any atom is -0.486 e. The molecule has 142 valence electrons. The third kappa shape index (κ3) is 3.18. The maximum atomic E-state index is 12.8. The Balaban J connectivity index is 1.79. The van der Waals surface area contributed by atoms with Crippen molar-refractivity contribution in [3.05, 3.63) is 27.8 Å². The van der Waals surface area contributed by atoms with E-state index in [9.17, 15) is 9.59 Å². The Bertz CT molecular complexity index is 735. The maximum absolute atomic E-state index is 12.8. The number of carbonyl (C=O) groups excluding carboxylic acids is 2. The summed E-state index contributed by atoms with van der Waals surface area (Å²) >= 11 is 6.31. The molecule has 2 aliphatic rings. The molecule has 0 unspecified atom stereocenters. The van der Waals surface area contributed by atoms with Gasteiger partial charge in [-0.25, -0.2) is 4.79 Å². The molecule has 0 saturated carbocycles. The standard InChI is InChI=1S/C20H27ClN2O3/c1-5-22(6-2)19(25)23-9-7-20(8-10-23)12-15(24)17-14(4)18(21)13(3)11-16(17)26-20/h11H,5-10,12H2,1-4H3. The van der Waals surface area contributed by atoms with E-state index >= 15 is 0 Å². The number of aryl methyl sites for hydroxylation is 1. The first kappa shape index (κ1) is 19.0. The Morgan fingerprint density at radius 3 is 2.46 bits per heavy atom. The smallest absolute Gasteiger partial charge is 0.319 e. The van der Waals surface area contributed by atoms with E-state index in [4.69, 9.17) is 16.3 Å². The number of fused-ring (bicyclic) bond motifs is 1. The highest BCUT2D eigenvalue weighted by Crippen LogP contribution is 2.43. The van der Waals surface area contributed by atoms with E-state index in [0.717, 1.165) is 11.1 Å². The zero-order valence-corrected chi connectivity index (χ0v) is 16.8. The first-order chi connectivity index (χ1) is 12.3. The van der Waals surface area contributed by atoms with Gasteiger partial charge in [0.25, 0.3) is 0 Å². The van der Waals surface area contributed by atoms with Gasteiger partial charge in [-0.2, -0.15) is 0 Å². The van der Waals surface area contributed by atoms with Crippen LogP contribution in [0.15, 0.2) is 6.07 Å². The van der Waals surface area contributed by atoms with Gasteiger partial charge < -0.3 is 14.5 Å². The maximum Gasteiger partial charge on any atom is 0.319 e. The van der Waals surface area contributed by atoms with Crippen LogP contribution < -0.4 is 4.74 Å². The van der Waals surface area contributed by atoms with Crippen LogP contribution in [0.3, 0.4) is 0 Å². The lowest BCUT2D eigenvalue weighted by molar-refractivity contribution is -0.00361. The molecule has 3 rings (SSSR count). The summed E-state index contributed by atoms with van der Waals surface area (Å²) in [5, 5.41) is 0.635. The molecule has 1 aromatic rings. The Labute approximate surface area is 160 Å². The summed E-state index contributed by atoms with van der Waals surface area (Å²) in [7, 11) is 0. The van der Waals surface area contributed by atoms with E-state index in [1.54, 1.807) is 0 Å². The van der Waals surface area contributed by atoms with Crippen LogP contribution in [0.4, 0.5) is 4.79 Å². The summed E-state index contributed by atoms with van der Waals surface area (Å²) < 4.78 is 6.36. The zero-order chi connectivity index (χ0) is 19.1. The molecule has 0 N–H and O–H groups in total. The predicted molar refractivity (Wildman–Crippen MR) is 102 cm³/mol. The lowest BCUT2D eigenvalue weighted by atomic mass is 9.81. The van der Waals surface area contributed by atoms with Gasteiger partial charge in [0.15, 0.2) is 5.78 Å². The van der Waals surface area contributed by atoms with E-state index in [0.29, 0.717) is 61.8 Å². The first-order valence-corrected chi connectivity index (χ1v) is 9.75. The number of Topliss-reactive ketones (excluding diaryl/α,β-unsaturated/α-hetero) is 1. The first-order valence-electron chi connectivity index (χ1n) is 9.37. The van der Waals surface area contributed by atoms with Crippen LogP contribution in [0.5, 0.6) is 5.75 Å². The molecule has 0 aliphatic carbocycles. The quantitative estimate of drug-likeness (QED) is 0.774. The highest BCUT2D eigenvalue weighted by Gasteiger charge is 2.44. The molecule has 2 heterocycles. The summed E-state index contributed by atoms with van der Waals surface area (Å²) in [6, 6.07) is 1.95. The molecule has 6 heteroatoms. The highest BCUT2D eigenvalue weighted by atomic mass is 35.5. The number of carbonyl (C=O) groups is 2. The normalized spacial score (nSPS) is 18.5. The summed E-state index contributed by atoms with van der Waals surface area (Å²) in [6.45, 7) is 10.4. The minimum atomic E-state index is -0.503. The van der Waals surface area contributed by atoms with Gasteiger partial charge in [-0.3, -0.25) is 4.79 Å². The molecule has 1 saturated heterocycles. The number of ether oxygens (including phenoxy) is 1. The molecule has 26 heavy (non-hydrogen) atoms. The van der Waals surface area contributed by atoms with Crippen molar-refractivity contribution in [2.75, 3.05) is 26.2 Å². The molecule has 5 nitrogen and oxygen atoms in total. The molecule has 2 aliphatic heterocycles. The monoisotopic (exact) mass is 378 g/mol. The van der Waals surface area contributed by atoms with E-state index < -0.39 is 5.60 Å². The van der Waals surface area contributed by atoms with Crippen LogP contribution in [0.1, 0.15) is 54.6 Å². The van der Waals surface area contributed by atoms with Gasteiger partial charge in [-0.1, -0.05) is 11.6 Å². The predicted octanol–water partition coefficient (Wildman–Crippen LogP) is 4.22. The number of likely N-dealkylation sites (tertiary alicyclic amines) is 1. The number of hydrogen-bond donors (Lipinski definition) is 0. The van der Waals surface area contributed by atoms with Gasteiger partial charge in [0, 0.05) is 44.0 Å². The van der Waals surface area contributed by atoms with Gasteiger partial charge in [0.2, 0.25) is 0 Å². The van der Waals surface area contributed by atoms with Crippen molar-refractivity contribution in [1.82, 2.24) is 9.80 Å². The number of hydrogen-bond acceptors (Lipinski definition) is 3. The van der Waals surface area contributed by atoms with Crippen LogP contribution in [0, 0.1) is 13.8 Å². The van der Waals surface area contributed by atoms with Crippen LogP contribution >= 0.6 is 11.6 Å². The van der Waals surface area contributed by atoms with Gasteiger partial charge in [0.1, 0.15) is 11.4 Å². The van der Waals surface area contributed by atoms with Crippen molar-refractivity contribution in [3.8, 4) is 5.75 Å². The van der Waals surface area contributed by atoms with Crippen molar-refractivity contribution in [2.45, 2.75) is 52.6 Å². The third-order valence-corrected chi connectivity index (χ3v) is 6.29. The minimum absolute atomic E-state index is 0.0749. The Morgan fingerprint density at radius 1 is 1.27 bits per heavy atom. The Kier molecular flexibility index (Phi) is 5.20. The van der Waals surface area contributed by atoms with Crippen molar-refractivity contribution in [1.29, 1.82) is 0 Å². The number of benzene rings is 1. The second-order valence-electron chi connectivity index (χ2n) is 7.33. The zero-order valence-electron chi connectivity index (χ0n) is 16.0. The van der Waals surface area contributed by atoms with Crippen molar-refractivity contribution in [2.24, 2.45) is 0 Å². The fraction of sp³-hybridized carbons (Fsp3) is 0.600. The number of piperidine rings is 1. The lowest BCUT2D eigenvalue weighted by Gasteiger charge is -2.45. The molecule has 1 aromatic carbocycles. The largest absolute Gasteiger partial charge is 0.486 e. The second-order valence-corrected chi connectivity index (χ2v) is 7.71. The molecular weight excluding hydrogens is 352 g/mol. The lowest BCUT2D eigenvalue weighted by Crippen LogP contribution is -2.54. The molecule has 2 amide bonds. The van der Waals surface area contributed by atoms with E-state index in [2.05, 4.69) is 0 Å². The average Bonchev–Trinajstić information content (AvgIpc) is 2.60. The molecule has 1 spiro atoms. The van der Waals surface area contributed by atoms with Gasteiger partial charge in [-0.15, -0.1) is 0 Å². The molecule has 0 radical (unpaired) electrons. The van der Waals surface area contributed by atoms with Crippen LogP contribution in [-0.4, -0.2) is 53.4 Å². The van der Waals surface area contributed by atoms with E-state index in [1.165, 1.54) is 0 Å². The van der Waals surface area contributed by atoms with E-state index in [1.807, 2.05) is 43.6 Å². The summed E-state index contributed by atoms with van der Waals surface area (Å²) in [5.41, 5.74) is 1.84. The number of rotatable bonds is 2. The number of halogens is 1. The Hall–Kier alpha value is -1.75. The number of nitrogens with zero attached hydrogens (tertiary/aromatic N) is 2. The fourth-order valence-electron chi connectivity index (χ4n) is 4.08. The van der Waals surface area contributed by atoms with Crippen LogP contribution in [0.2, 0.25) is 5.02 Å². The van der Waals surface area contributed by atoms with Gasteiger partial charge >= 0.3 is 6.03 Å². The van der Waals surface area contributed by atoms with Gasteiger partial charge in [-0.05, 0) is 44.9 Å². The van der Waals surface area contributed by atoms with Crippen LogP contribution in [0.25, 0.3) is 0 Å². The van der Waals surface area contributed by atoms with E-state index in [-0.39, 0.29) is 11.8 Å². The molecular formula is C20H27ClN2O3. The Morgan fingerprint density at radius 2 is 1.88 bits per heavy atom. The molecule has 1 fully saturated rings. The number of ketones is 1. The van der Waals surface area contributed by atoms with Crippen molar-refractivity contribution < 1.29 is 14.3 Å².